The quantitative estimate of drug-likeness (QED) is 0.335. The van der Waals surface area contributed by atoms with E-state index in [4.69, 9.17) is 0 Å². The van der Waals surface area contributed by atoms with Gasteiger partial charge in [-0.05, 0) is 49.4 Å². The van der Waals surface area contributed by atoms with Crippen molar-refractivity contribution in [3.63, 3.8) is 0 Å². The Hall–Kier alpha value is -1.35. The molecule has 28 heavy (non-hydrogen) atoms. The number of nitrogens with zero attached hydrogens (tertiary/aromatic N) is 2. The van der Waals surface area contributed by atoms with Crippen LogP contribution in [-0.2, 0) is 6.42 Å². The van der Waals surface area contributed by atoms with Crippen LogP contribution in [0.5, 0.6) is 0 Å². The van der Waals surface area contributed by atoms with Crippen molar-refractivity contribution in [2.75, 3.05) is 26.7 Å². The molecule has 2 fully saturated rings. The fourth-order valence-electron chi connectivity index (χ4n) is 4.57. The summed E-state index contributed by atoms with van der Waals surface area (Å²) in [5.41, 5.74) is 2.10. The van der Waals surface area contributed by atoms with E-state index in [1.807, 2.05) is 13.2 Å². The molecule has 3 N–H and O–H groups in total. The molecule has 0 radical (unpaired) electrons. The number of H-pyrrole nitrogens is 1. The standard InChI is InChI=1S/C21H30FN5.HI/c1-23-21(26-17-9-11-27(14-17)18-4-2-3-5-18)24-10-8-15-13-25-20-7-6-16(22)12-19(15)20;/h6-7,12-13,17-18,25H,2-5,8-11,14H2,1H3,(H2,23,24,26);1H. The van der Waals surface area contributed by atoms with Gasteiger partial charge in [0.25, 0.3) is 0 Å². The highest BCUT2D eigenvalue weighted by Crippen LogP contribution is 2.26. The van der Waals surface area contributed by atoms with Crippen molar-refractivity contribution in [3.05, 3.63) is 35.8 Å². The van der Waals surface area contributed by atoms with Crippen LogP contribution in [0.25, 0.3) is 10.9 Å². The molecule has 7 heteroatoms. The van der Waals surface area contributed by atoms with Crippen molar-refractivity contribution in [2.45, 2.75) is 50.6 Å². The largest absolute Gasteiger partial charge is 0.361 e. The maximum atomic E-state index is 13.5. The highest BCUT2D eigenvalue weighted by molar-refractivity contribution is 14.0. The van der Waals surface area contributed by atoms with E-state index in [1.165, 1.54) is 44.7 Å². The fraction of sp³-hybridized carbons (Fsp3) is 0.571. The van der Waals surface area contributed by atoms with Gasteiger partial charge in [0.15, 0.2) is 5.96 Å². The lowest BCUT2D eigenvalue weighted by Crippen LogP contribution is -2.45. The third-order valence-electron chi connectivity index (χ3n) is 6.04. The van der Waals surface area contributed by atoms with Gasteiger partial charge in [-0.25, -0.2) is 4.39 Å². The number of hydrogen-bond acceptors (Lipinski definition) is 2. The van der Waals surface area contributed by atoms with Gasteiger partial charge >= 0.3 is 0 Å². The average Bonchev–Trinajstić information content (AvgIpc) is 3.41. The average molecular weight is 499 g/mol. The molecule has 1 saturated carbocycles. The number of rotatable bonds is 5. The van der Waals surface area contributed by atoms with E-state index < -0.39 is 0 Å². The first kappa shape index (κ1) is 21.4. The summed E-state index contributed by atoms with van der Waals surface area (Å²) in [5, 5.41) is 7.95. The molecular weight excluding hydrogens is 468 g/mol. The van der Waals surface area contributed by atoms with Gasteiger partial charge in [0.05, 0.1) is 0 Å². The van der Waals surface area contributed by atoms with Gasteiger partial charge in [-0.2, -0.15) is 0 Å². The molecule has 0 amide bonds. The molecule has 1 aromatic heterocycles. The smallest absolute Gasteiger partial charge is 0.191 e. The molecule has 4 rings (SSSR count). The molecule has 1 atom stereocenters. The van der Waals surface area contributed by atoms with Gasteiger partial charge < -0.3 is 15.6 Å². The number of fused-ring (bicyclic) bond motifs is 1. The molecule has 2 aromatic rings. The highest BCUT2D eigenvalue weighted by atomic mass is 127. The predicted molar refractivity (Wildman–Crippen MR) is 124 cm³/mol. The summed E-state index contributed by atoms with van der Waals surface area (Å²) in [5.74, 6) is 0.668. The summed E-state index contributed by atoms with van der Waals surface area (Å²) < 4.78 is 13.5. The van der Waals surface area contributed by atoms with Crippen molar-refractivity contribution in [3.8, 4) is 0 Å². The third kappa shape index (κ3) is 4.97. The van der Waals surface area contributed by atoms with Gasteiger partial charge in [-0.15, -0.1) is 24.0 Å². The SMILES string of the molecule is CN=C(NCCc1c[nH]c2ccc(F)cc12)NC1CCN(C2CCCC2)C1.I. The second-order valence-electron chi connectivity index (χ2n) is 7.82. The minimum absolute atomic E-state index is 0. The van der Waals surface area contributed by atoms with Gasteiger partial charge in [0.2, 0.25) is 0 Å². The maximum Gasteiger partial charge on any atom is 0.191 e. The Balaban J connectivity index is 0.00000225. The molecule has 2 heterocycles. The molecule has 1 unspecified atom stereocenters. The minimum Gasteiger partial charge on any atom is -0.361 e. The molecule has 1 aromatic carbocycles. The molecule has 1 saturated heterocycles. The van der Waals surface area contributed by atoms with Crippen LogP contribution in [0.4, 0.5) is 4.39 Å². The molecule has 5 nitrogen and oxygen atoms in total. The Morgan fingerprint density at radius 3 is 2.89 bits per heavy atom. The van der Waals surface area contributed by atoms with Crippen molar-refractivity contribution >= 4 is 40.8 Å². The van der Waals surface area contributed by atoms with E-state index in [-0.39, 0.29) is 29.8 Å². The topological polar surface area (TPSA) is 55.5 Å². The predicted octanol–water partition coefficient (Wildman–Crippen LogP) is 3.65. The van der Waals surface area contributed by atoms with E-state index in [1.54, 1.807) is 12.1 Å². The highest BCUT2D eigenvalue weighted by Gasteiger charge is 2.30. The Bertz CT molecular complexity index is 799. The number of aliphatic imine (C=N–C) groups is 1. The Morgan fingerprint density at radius 2 is 2.11 bits per heavy atom. The lowest BCUT2D eigenvalue weighted by atomic mass is 10.1. The van der Waals surface area contributed by atoms with E-state index in [2.05, 4.69) is 25.5 Å². The van der Waals surface area contributed by atoms with Gasteiger partial charge in [0, 0.05) is 55.9 Å². The number of halogens is 2. The van der Waals surface area contributed by atoms with Crippen LogP contribution in [-0.4, -0.2) is 54.6 Å². The van der Waals surface area contributed by atoms with Crippen LogP contribution in [0.15, 0.2) is 29.4 Å². The monoisotopic (exact) mass is 499 g/mol. The maximum absolute atomic E-state index is 13.5. The minimum atomic E-state index is -0.193. The first-order valence-corrected chi connectivity index (χ1v) is 10.2. The first-order chi connectivity index (χ1) is 13.2. The van der Waals surface area contributed by atoms with Gasteiger partial charge in [-0.3, -0.25) is 9.89 Å². The molecule has 1 aliphatic carbocycles. The van der Waals surface area contributed by atoms with E-state index >= 15 is 0 Å². The molecular formula is C21H31FIN5. The van der Waals surface area contributed by atoms with Gasteiger partial charge in [0.1, 0.15) is 5.82 Å². The van der Waals surface area contributed by atoms with Gasteiger partial charge in [-0.1, -0.05) is 12.8 Å². The number of hydrogen-bond donors (Lipinski definition) is 3. The fourth-order valence-corrected chi connectivity index (χ4v) is 4.57. The number of nitrogens with one attached hydrogen (secondary N) is 3. The van der Waals surface area contributed by atoms with Crippen LogP contribution < -0.4 is 10.6 Å². The van der Waals surface area contributed by atoms with E-state index in [0.717, 1.165) is 48.0 Å². The van der Waals surface area contributed by atoms with Crippen molar-refractivity contribution in [1.29, 1.82) is 0 Å². The normalized spacial score (nSPS) is 21.2. The summed E-state index contributed by atoms with van der Waals surface area (Å²) in [6, 6.07) is 6.15. The molecule has 1 aliphatic heterocycles. The van der Waals surface area contributed by atoms with E-state index in [9.17, 15) is 4.39 Å². The summed E-state index contributed by atoms with van der Waals surface area (Å²) in [7, 11) is 1.82. The zero-order valence-corrected chi connectivity index (χ0v) is 18.8. The molecule has 154 valence electrons. The third-order valence-corrected chi connectivity index (χ3v) is 6.04. The Morgan fingerprint density at radius 1 is 1.29 bits per heavy atom. The molecule has 0 bridgehead atoms. The first-order valence-electron chi connectivity index (χ1n) is 10.2. The Kier molecular flexibility index (Phi) is 7.56. The van der Waals surface area contributed by atoms with Crippen LogP contribution in [0, 0.1) is 5.82 Å². The molecule has 0 spiro atoms. The summed E-state index contributed by atoms with van der Waals surface area (Å²) in [6.07, 6.45) is 9.48. The number of likely N-dealkylation sites (tertiary alicyclic amines) is 1. The molecule has 2 aliphatic rings. The van der Waals surface area contributed by atoms with Crippen LogP contribution >= 0.6 is 24.0 Å². The van der Waals surface area contributed by atoms with Crippen molar-refractivity contribution in [1.82, 2.24) is 20.5 Å². The van der Waals surface area contributed by atoms with E-state index in [0.29, 0.717) is 6.04 Å². The number of aromatic nitrogens is 1. The zero-order valence-electron chi connectivity index (χ0n) is 16.5. The number of guanidine groups is 1. The van der Waals surface area contributed by atoms with Crippen LogP contribution in [0.1, 0.15) is 37.7 Å². The lowest BCUT2D eigenvalue weighted by Gasteiger charge is -2.24. The van der Waals surface area contributed by atoms with Crippen LogP contribution in [0.3, 0.4) is 0 Å². The Labute approximate surface area is 183 Å². The van der Waals surface area contributed by atoms with Crippen molar-refractivity contribution in [2.24, 2.45) is 4.99 Å². The number of benzene rings is 1. The summed E-state index contributed by atoms with van der Waals surface area (Å²) in [4.78, 5) is 10.2. The van der Waals surface area contributed by atoms with Crippen LogP contribution in [0.2, 0.25) is 0 Å². The lowest BCUT2D eigenvalue weighted by molar-refractivity contribution is 0.242. The number of aromatic amines is 1. The van der Waals surface area contributed by atoms with Crippen molar-refractivity contribution < 1.29 is 4.39 Å². The second-order valence-corrected chi connectivity index (χ2v) is 7.82. The zero-order chi connectivity index (χ0) is 18.6. The second kappa shape index (κ2) is 9.91. The summed E-state index contributed by atoms with van der Waals surface area (Å²) in [6.45, 7) is 3.08. The summed E-state index contributed by atoms with van der Waals surface area (Å²) >= 11 is 0.